The van der Waals surface area contributed by atoms with Crippen molar-refractivity contribution < 1.29 is 19.4 Å². The number of carbonyl (C=O) groups is 1. The van der Waals surface area contributed by atoms with E-state index in [2.05, 4.69) is 4.74 Å². The van der Waals surface area contributed by atoms with E-state index in [9.17, 15) is 9.90 Å². The molecule has 1 rings (SSSR count). The molecule has 0 radical (unpaired) electrons. The van der Waals surface area contributed by atoms with Gasteiger partial charge in [0.25, 0.3) is 0 Å². The van der Waals surface area contributed by atoms with E-state index in [4.69, 9.17) is 10.5 Å². The van der Waals surface area contributed by atoms with Crippen LogP contribution in [-0.2, 0) is 11.3 Å². The van der Waals surface area contributed by atoms with E-state index in [1.54, 1.807) is 0 Å². The highest BCUT2D eigenvalue weighted by atomic mass is 16.5. The van der Waals surface area contributed by atoms with Gasteiger partial charge >= 0.3 is 5.97 Å². The van der Waals surface area contributed by atoms with Gasteiger partial charge in [-0.3, -0.25) is 0 Å². The van der Waals surface area contributed by atoms with Crippen molar-refractivity contribution in [2.75, 3.05) is 14.2 Å². The Labute approximate surface area is 87.4 Å². The van der Waals surface area contributed by atoms with Gasteiger partial charge in [0.2, 0.25) is 0 Å². The molecule has 5 heteroatoms. The molecule has 15 heavy (non-hydrogen) atoms. The molecule has 0 fully saturated rings. The summed E-state index contributed by atoms with van der Waals surface area (Å²) in [6, 6.07) is 2.80. The second kappa shape index (κ2) is 4.65. The minimum Gasteiger partial charge on any atom is -0.507 e. The van der Waals surface area contributed by atoms with Gasteiger partial charge in [0.05, 0.1) is 14.2 Å². The number of rotatable bonds is 3. The first-order valence-electron chi connectivity index (χ1n) is 4.32. The molecule has 0 aliphatic heterocycles. The monoisotopic (exact) mass is 211 g/mol. The van der Waals surface area contributed by atoms with Gasteiger partial charge in [-0.15, -0.1) is 0 Å². The average Bonchev–Trinajstić information content (AvgIpc) is 2.27. The summed E-state index contributed by atoms with van der Waals surface area (Å²) in [5.74, 6) is -0.344. The number of ether oxygens (including phenoxy) is 2. The van der Waals surface area contributed by atoms with Crippen molar-refractivity contribution in [2.45, 2.75) is 6.54 Å². The number of hydrogen-bond donors (Lipinski definition) is 2. The first-order valence-corrected chi connectivity index (χ1v) is 4.32. The van der Waals surface area contributed by atoms with E-state index < -0.39 is 5.97 Å². The lowest BCUT2D eigenvalue weighted by molar-refractivity contribution is 0.0597. The Kier molecular flexibility index (Phi) is 3.51. The molecule has 0 atom stereocenters. The molecule has 0 heterocycles. The second-order valence-corrected chi connectivity index (χ2v) is 2.88. The molecule has 0 spiro atoms. The molecule has 0 saturated heterocycles. The van der Waals surface area contributed by atoms with Crippen LogP contribution in [0.3, 0.4) is 0 Å². The third kappa shape index (κ3) is 2.19. The molecule has 82 valence electrons. The quantitative estimate of drug-likeness (QED) is 0.717. The Morgan fingerprint density at radius 1 is 1.47 bits per heavy atom. The van der Waals surface area contributed by atoms with Crippen LogP contribution < -0.4 is 10.5 Å². The molecule has 0 aliphatic carbocycles. The molecule has 0 aliphatic rings. The van der Waals surface area contributed by atoms with Gasteiger partial charge in [0.15, 0.2) is 0 Å². The third-order valence-corrected chi connectivity index (χ3v) is 2.02. The van der Waals surface area contributed by atoms with Gasteiger partial charge in [-0.2, -0.15) is 0 Å². The molecule has 0 aromatic heterocycles. The summed E-state index contributed by atoms with van der Waals surface area (Å²) in [6.45, 7) is 0.216. The van der Waals surface area contributed by atoms with Crippen molar-refractivity contribution in [1.29, 1.82) is 0 Å². The van der Waals surface area contributed by atoms with Crippen LogP contribution in [-0.4, -0.2) is 25.3 Å². The van der Waals surface area contributed by atoms with Crippen molar-refractivity contribution in [3.05, 3.63) is 23.3 Å². The lowest BCUT2D eigenvalue weighted by Crippen LogP contribution is -2.06. The van der Waals surface area contributed by atoms with E-state index in [-0.39, 0.29) is 17.9 Å². The predicted octanol–water partition coefficient (Wildman–Crippen LogP) is 0.646. The SMILES string of the molecule is COC(=O)c1cc(CN)c(OC)cc1O. The topological polar surface area (TPSA) is 81.8 Å². The zero-order valence-corrected chi connectivity index (χ0v) is 8.61. The van der Waals surface area contributed by atoms with Crippen LogP contribution >= 0.6 is 0 Å². The van der Waals surface area contributed by atoms with Crippen molar-refractivity contribution in [3.8, 4) is 11.5 Å². The first-order chi connectivity index (χ1) is 7.13. The summed E-state index contributed by atoms with van der Waals surface area (Å²) in [7, 11) is 2.71. The van der Waals surface area contributed by atoms with E-state index in [1.165, 1.54) is 26.4 Å². The molecule has 3 N–H and O–H groups in total. The van der Waals surface area contributed by atoms with Crippen LogP contribution in [0.15, 0.2) is 12.1 Å². The number of esters is 1. The molecular weight excluding hydrogens is 198 g/mol. The van der Waals surface area contributed by atoms with Gasteiger partial charge in [-0.05, 0) is 6.07 Å². The van der Waals surface area contributed by atoms with E-state index in [0.29, 0.717) is 11.3 Å². The maximum absolute atomic E-state index is 11.2. The molecule has 1 aromatic rings. The summed E-state index contributed by atoms with van der Waals surface area (Å²) in [4.78, 5) is 11.2. The molecule has 0 amide bonds. The third-order valence-electron chi connectivity index (χ3n) is 2.02. The molecule has 0 bridgehead atoms. The Morgan fingerprint density at radius 2 is 2.13 bits per heavy atom. The van der Waals surface area contributed by atoms with Crippen LogP contribution in [0.25, 0.3) is 0 Å². The smallest absolute Gasteiger partial charge is 0.341 e. The summed E-state index contributed by atoms with van der Waals surface area (Å²) in [5, 5.41) is 9.52. The Balaban J connectivity index is 3.25. The number of aromatic hydroxyl groups is 1. The van der Waals surface area contributed by atoms with Gasteiger partial charge in [0.1, 0.15) is 17.1 Å². The Morgan fingerprint density at radius 3 is 2.60 bits per heavy atom. The summed E-state index contributed by atoms with van der Waals surface area (Å²) < 4.78 is 9.50. The molecule has 0 unspecified atom stereocenters. The maximum Gasteiger partial charge on any atom is 0.341 e. The predicted molar refractivity (Wildman–Crippen MR) is 53.9 cm³/mol. The maximum atomic E-state index is 11.2. The molecule has 0 saturated carbocycles. The lowest BCUT2D eigenvalue weighted by Gasteiger charge is -2.10. The number of phenols is 1. The fourth-order valence-electron chi connectivity index (χ4n) is 1.24. The molecule has 5 nitrogen and oxygen atoms in total. The highest BCUT2D eigenvalue weighted by Crippen LogP contribution is 2.28. The first kappa shape index (κ1) is 11.3. The number of benzene rings is 1. The van der Waals surface area contributed by atoms with Gasteiger partial charge in [0, 0.05) is 18.2 Å². The van der Waals surface area contributed by atoms with Crippen LogP contribution in [0.2, 0.25) is 0 Å². The number of nitrogens with two attached hydrogens (primary N) is 1. The average molecular weight is 211 g/mol. The van der Waals surface area contributed by atoms with Crippen LogP contribution in [0.1, 0.15) is 15.9 Å². The minimum absolute atomic E-state index is 0.0822. The Bertz CT molecular complexity index is 376. The van der Waals surface area contributed by atoms with Crippen LogP contribution in [0.5, 0.6) is 11.5 Å². The van der Waals surface area contributed by atoms with Crippen LogP contribution in [0.4, 0.5) is 0 Å². The van der Waals surface area contributed by atoms with Crippen molar-refractivity contribution in [1.82, 2.24) is 0 Å². The largest absolute Gasteiger partial charge is 0.507 e. The standard InChI is InChI=1S/C10H13NO4/c1-14-9-4-8(12)7(10(13)15-2)3-6(9)5-11/h3-4,12H,5,11H2,1-2H3. The summed E-state index contributed by atoms with van der Waals surface area (Å²) in [6.07, 6.45) is 0. The number of hydrogen-bond acceptors (Lipinski definition) is 5. The zero-order chi connectivity index (χ0) is 11.4. The van der Waals surface area contributed by atoms with Gasteiger partial charge < -0.3 is 20.3 Å². The van der Waals surface area contributed by atoms with Gasteiger partial charge in [-0.25, -0.2) is 4.79 Å². The molecule has 1 aromatic carbocycles. The summed E-state index contributed by atoms with van der Waals surface area (Å²) >= 11 is 0. The fraction of sp³-hybridized carbons (Fsp3) is 0.300. The van der Waals surface area contributed by atoms with E-state index >= 15 is 0 Å². The second-order valence-electron chi connectivity index (χ2n) is 2.88. The van der Waals surface area contributed by atoms with Crippen molar-refractivity contribution in [2.24, 2.45) is 5.73 Å². The summed E-state index contributed by atoms with van der Waals surface area (Å²) in [5.41, 5.74) is 6.19. The van der Waals surface area contributed by atoms with Crippen LogP contribution in [0, 0.1) is 0 Å². The van der Waals surface area contributed by atoms with E-state index in [0.717, 1.165) is 0 Å². The minimum atomic E-state index is -0.607. The number of phenolic OH excluding ortho intramolecular Hbond substituents is 1. The lowest BCUT2D eigenvalue weighted by atomic mass is 10.1. The Hall–Kier alpha value is -1.75. The van der Waals surface area contributed by atoms with Crippen molar-refractivity contribution >= 4 is 5.97 Å². The normalized spacial score (nSPS) is 9.80. The highest BCUT2D eigenvalue weighted by Gasteiger charge is 2.15. The van der Waals surface area contributed by atoms with E-state index in [1.807, 2.05) is 0 Å². The fourth-order valence-corrected chi connectivity index (χ4v) is 1.24. The highest BCUT2D eigenvalue weighted by molar-refractivity contribution is 5.92. The zero-order valence-electron chi connectivity index (χ0n) is 8.61. The molecular formula is C10H13NO4. The van der Waals surface area contributed by atoms with Crippen molar-refractivity contribution in [3.63, 3.8) is 0 Å². The number of carbonyl (C=O) groups excluding carboxylic acids is 1. The number of methoxy groups -OCH3 is 2. The van der Waals surface area contributed by atoms with Gasteiger partial charge in [-0.1, -0.05) is 0 Å².